The first-order valence-electron chi connectivity index (χ1n) is 8.17. The molecule has 1 saturated heterocycles. The highest BCUT2D eigenvalue weighted by Gasteiger charge is 2.16. The van der Waals surface area contributed by atoms with E-state index in [1.165, 1.54) is 0 Å². The predicted octanol–water partition coefficient (Wildman–Crippen LogP) is 2.57. The van der Waals surface area contributed by atoms with Gasteiger partial charge in [0, 0.05) is 6.61 Å². The molecular formula is C18H22N2O4. The lowest BCUT2D eigenvalue weighted by atomic mass is 10.2. The molecule has 6 nitrogen and oxygen atoms in total. The fourth-order valence-corrected chi connectivity index (χ4v) is 2.53. The van der Waals surface area contributed by atoms with Gasteiger partial charge in [0.05, 0.1) is 31.1 Å². The van der Waals surface area contributed by atoms with Crippen molar-refractivity contribution in [1.82, 2.24) is 5.32 Å². The van der Waals surface area contributed by atoms with Crippen molar-refractivity contribution < 1.29 is 18.7 Å². The van der Waals surface area contributed by atoms with E-state index in [-0.39, 0.29) is 18.6 Å². The molecule has 24 heavy (non-hydrogen) atoms. The average Bonchev–Trinajstić information content (AvgIpc) is 3.30. The van der Waals surface area contributed by atoms with Crippen LogP contribution in [0.4, 0.5) is 5.69 Å². The molecule has 0 bridgehead atoms. The monoisotopic (exact) mass is 330 g/mol. The van der Waals surface area contributed by atoms with E-state index in [2.05, 4.69) is 10.6 Å². The van der Waals surface area contributed by atoms with E-state index >= 15 is 0 Å². The summed E-state index contributed by atoms with van der Waals surface area (Å²) in [7, 11) is 0. The highest BCUT2D eigenvalue weighted by atomic mass is 16.5. The second-order valence-corrected chi connectivity index (χ2v) is 5.65. The van der Waals surface area contributed by atoms with Crippen LogP contribution < -0.4 is 15.4 Å². The second-order valence-electron chi connectivity index (χ2n) is 5.65. The predicted molar refractivity (Wildman–Crippen MR) is 90.0 cm³/mol. The third kappa shape index (κ3) is 4.76. The number of rotatable bonds is 8. The van der Waals surface area contributed by atoms with E-state index in [0.717, 1.165) is 36.6 Å². The van der Waals surface area contributed by atoms with Crippen LogP contribution in [-0.2, 0) is 16.1 Å². The Bertz CT molecular complexity index is 636. The van der Waals surface area contributed by atoms with Crippen molar-refractivity contribution >= 4 is 11.6 Å². The molecule has 1 unspecified atom stereocenters. The molecule has 6 heteroatoms. The molecule has 0 spiro atoms. The maximum atomic E-state index is 11.9. The van der Waals surface area contributed by atoms with E-state index in [4.69, 9.17) is 13.9 Å². The summed E-state index contributed by atoms with van der Waals surface area (Å²) in [5.74, 6) is 1.34. The van der Waals surface area contributed by atoms with Gasteiger partial charge in [-0.1, -0.05) is 12.1 Å². The summed E-state index contributed by atoms with van der Waals surface area (Å²) in [6.45, 7) is 1.89. The minimum absolute atomic E-state index is 0.111. The van der Waals surface area contributed by atoms with E-state index in [1.54, 1.807) is 12.3 Å². The number of hydrogen-bond donors (Lipinski definition) is 2. The molecule has 1 aromatic heterocycles. The fraction of sp³-hybridized carbons (Fsp3) is 0.389. The highest BCUT2D eigenvalue weighted by Crippen LogP contribution is 2.24. The Hall–Kier alpha value is -2.47. The van der Waals surface area contributed by atoms with E-state index in [1.807, 2.05) is 30.3 Å². The van der Waals surface area contributed by atoms with Gasteiger partial charge in [-0.15, -0.1) is 0 Å². The third-order valence-electron chi connectivity index (χ3n) is 3.82. The van der Waals surface area contributed by atoms with Crippen LogP contribution in [0.1, 0.15) is 18.6 Å². The van der Waals surface area contributed by atoms with E-state index in [9.17, 15) is 4.79 Å². The van der Waals surface area contributed by atoms with Crippen molar-refractivity contribution in [2.75, 3.05) is 25.1 Å². The van der Waals surface area contributed by atoms with Crippen LogP contribution in [0.15, 0.2) is 47.1 Å². The van der Waals surface area contributed by atoms with E-state index < -0.39 is 0 Å². The van der Waals surface area contributed by atoms with Crippen molar-refractivity contribution in [3.8, 4) is 5.75 Å². The summed E-state index contributed by atoms with van der Waals surface area (Å²) in [5.41, 5.74) is 0.795. The quantitative estimate of drug-likeness (QED) is 0.778. The van der Waals surface area contributed by atoms with Crippen LogP contribution in [0.3, 0.4) is 0 Å². The first-order chi connectivity index (χ1) is 11.8. The van der Waals surface area contributed by atoms with Gasteiger partial charge in [0.15, 0.2) is 0 Å². The number of carbonyl (C=O) groups is 1. The van der Waals surface area contributed by atoms with Gasteiger partial charge in [-0.2, -0.15) is 0 Å². The minimum atomic E-state index is -0.111. The second kappa shape index (κ2) is 8.40. The fourth-order valence-electron chi connectivity index (χ4n) is 2.53. The van der Waals surface area contributed by atoms with Crippen LogP contribution in [0, 0.1) is 0 Å². The maximum absolute atomic E-state index is 11.9. The lowest BCUT2D eigenvalue weighted by Crippen LogP contribution is -2.29. The Morgan fingerprint density at radius 1 is 1.25 bits per heavy atom. The third-order valence-corrected chi connectivity index (χ3v) is 3.82. The molecule has 1 atom stereocenters. The number of amides is 1. The van der Waals surface area contributed by atoms with Crippen LogP contribution in [0.5, 0.6) is 5.75 Å². The Kier molecular flexibility index (Phi) is 5.74. The Morgan fingerprint density at radius 3 is 2.96 bits per heavy atom. The maximum Gasteiger partial charge on any atom is 0.239 e. The number of hydrogen-bond acceptors (Lipinski definition) is 5. The summed E-state index contributed by atoms with van der Waals surface area (Å²) in [6.07, 6.45) is 3.87. The van der Waals surface area contributed by atoms with Gasteiger partial charge in [-0.25, -0.2) is 0 Å². The molecule has 3 rings (SSSR count). The van der Waals surface area contributed by atoms with Crippen molar-refractivity contribution in [3.63, 3.8) is 0 Å². The summed E-state index contributed by atoms with van der Waals surface area (Å²) in [6, 6.07) is 11.2. The molecule has 2 N–H and O–H groups in total. The average molecular weight is 330 g/mol. The zero-order valence-corrected chi connectivity index (χ0v) is 13.5. The normalized spacial score (nSPS) is 16.8. The molecule has 0 saturated carbocycles. The van der Waals surface area contributed by atoms with Crippen molar-refractivity contribution in [2.24, 2.45) is 0 Å². The number of ether oxygens (including phenoxy) is 2. The number of para-hydroxylation sites is 2. The lowest BCUT2D eigenvalue weighted by Gasteiger charge is -2.15. The van der Waals surface area contributed by atoms with Gasteiger partial charge in [-0.3, -0.25) is 4.79 Å². The van der Waals surface area contributed by atoms with Crippen LogP contribution in [0.2, 0.25) is 0 Å². The Morgan fingerprint density at radius 2 is 2.17 bits per heavy atom. The number of benzene rings is 1. The molecule has 2 aromatic rings. The van der Waals surface area contributed by atoms with Gasteiger partial charge < -0.3 is 24.5 Å². The SMILES string of the molecule is O=C(CNc1ccccc1OCC1CCCO1)NCc1ccco1. The van der Waals surface area contributed by atoms with Gasteiger partial charge in [-0.05, 0) is 37.1 Å². The van der Waals surface area contributed by atoms with Crippen molar-refractivity contribution in [3.05, 3.63) is 48.4 Å². The van der Waals surface area contributed by atoms with Crippen LogP contribution in [0.25, 0.3) is 0 Å². The summed E-state index contributed by atoms with van der Waals surface area (Å²) in [4.78, 5) is 11.9. The highest BCUT2D eigenvalue weighted by molar-refractivity contribution is 5.81. The summed E-state index contributed by atoms with van der Waals surface area (Å²) in [5, 5.41) is 5.91. The molecule has 1 amide bonds. The zero-order valence-electron chi connectivity index (χ0n) is 13.5. The van der Waals surface area contributed by atoms with E-state index in [0.29, 0.717) is 13.2 Å². The number of carbonyl (C=O) groups excluding carboxylic acids is 1. The number of anilines is 1. The molecule has 2 heterocycles. The standard InChI is InChI=1S/C18H22N2O4/c21-18(20-11-14-5-3-9-22-14)12-19-16-7-1-2-8-17(16)24-13-15-6-4-10-23-15/h1-3,5,7-9,15,19H,4,6,10-13H2,(H,20,21). The number of furan rings is 1. The Labute approximate surface area is 141 Å². The van der Waals surface area contributed by atoms with Gasteiger partial charge in [0.25, 0.3) is 0 Å². The molecule has 1 aliphatic heterocycles. The van der Waals surface area contributed by atoms with Crippen molar-refractivity contribution in [1.29, 1.82) is 0 Å². The van der Waals surface area contributed by atoms with Crippen LogP contribution >= 0.6 is 0 Å². The Balaban J connectivity index is 1.46. The largest absolute Gasteiger partial charge is 0.489 e. The molecular weight excluding hydrogens is 308 g/mol. The first-order valence-corrected chi connectivity index (χ1v) is 8.17. The molecule has 0 radical (unpaired) electrons. The minimum Gasteiger partial charge on any atom is -0.489 e. The first kappa shape index (κ1) is 16.4. The summed E-state index contributed by atoms with van der Waals surface area (Å²) >= 11 is 0. The molecule has 1 aliphatic rings. The van der Waals surface area contributed by atoms with Gasteiger partial charge in [0.1, 0.15) is 18.1 Å². The number of nitrogens with one attached hydrogen (secondary N) is 2. The van der Waals surface area contributed by atoms with Gasteiger partial charge in [0.2, 0.25) is 5.91 Å². The summed E-state index contributed by atoms with van der Waals surface area (Å²) < 4.78 is 16.6. The van der Waals surface area contributed by atoms with Crippen LogP contribution in [-0.4, -0.2) is 31.8 Å². The lowest BCUT2D eigenvalue weighted by molar-refractivity contribution is -0.119. The molecule has 1 fully saturated rings. The molecule has 1 aromatic carbocycles. The molecule has 0 aliphatic carbocycles. The topological polar surface area (TPSA) is 72.7 Å². The van der Waals surface area contributed by atoms with Crippen molar-refractivity contribution in [2.45, 2.75) is 25.5 Å². The van der Waals surface area contributed by atoms with Gasteiger partial charge >= 0.3 is 0 Å². The molecule has 128 valence electrons. The smallest absolute Gasteiger partial charge is 0.239 e. The zero-order chi connectivity index (χ0) is 16.6.